The van der Waals surface area contributed by atoms with E-state index in [1.54, 1.807) is 6.07 Å². The number of aromatic nitrogens is 1. The molecule has 0 saturated carbocycles. The van der Waals surface area contributed by atoms with Gasteiger partial charge in [0.05, 0.1) is 11.1 Å². The second-order valence-corrected chi connectivity index (χ2v) is 3.67. The van der Waals surface area contributed by atoms with E-state index in [0.717, 1.165) is 0 Å². The van der Waals surface area contributed by atoms with E-state index in [9.17, 15) is 18.0 Å². The number of halogens is 3. The van der Waals surface area contributed by atoms with Crippen LogP contribution in [-0.4, -0.2) is 16.1 Å². The molecular weight excluding hydrogens is 259 g/mol. The van der Waals surface area contributed by atoms with Crippen molar-refractivity contribution in [2.24, 2.45) is 0 Å². The summed E-state index contributed by atoms with van der Waals surface area (Å²) in [6.07, 6.45) is 0.273. The van der Waals surface area contributed by atoms with Gasteiger partial charge < -0.3 is 5.11 Å². The van der Waals surface area contributed by atoms with Gasteiger partial charge in [0.25, 0.3) is 0 Å². The van der Waals surface area contributed by atoms with Crippen molar-refractivity contribution in [3.8, 4) is 12.3 Å². The number of terminal acetylenes is 1. The molecule has 2 rings (SSSR count). The monoisotopic (exact) mass is 265 g/mol. The quantitative estimate of drug-likeness (QED) is 0.806. The van der Waals surface area contributed by atoms with Gasteiger partial charge in [0.15, 0.2) is 5.69 Å². The summed E-state index contributed by atoms with van der Waals surface area (Å²) in [7, 11) is 0. The van der Waals surface area contributed by atoms with Gasteiger partial charge in [-0.05, 0) is 6.07 Å². The highest BCUT2D eigenvalue weighted by atomic mass is 19.4. The molecule has 0 fully saturated rings. The third kappa shape index (κ3) is 2.10. The number of carboxylic acids is 1. The average Bonchev–Trinajstić information content (AvgIpc) is 2.35. The summed E-state index contributed by atoms with van der Waals surface area (Å²) < 4.78 is 38.6. The van der Waals surface area contributed by atoms with E-state index in [1.807, 2.05) is 5.92 Å². The Balaban J connectivity index is 3.01. The zero-order valence-electron chi connectivity index (χ0n) is 9.32. The summed E-state index contributed by atoms with van der Waals surface area (Å²) in [6.45, 7) is 0. The van der Waals surface area contributed by atoms with Crippen LogP contribution in [0.2, 0.25) is 0 Å². The summed E-state index contributed by atoms with van der Waals surface area (Å²) in [5.74, 6) is 0.260. The molecule has 1 N–H and O–H groups in total. The van der Waals surface area contributed by atoms with Crippen molar-refractivity contribution in [1.82, 2.24) is 4.98 Å². The number of pyridine rings is 1. The fourth-order valence-electron chi connectivity index (χ4n) is 1.78. The molecule has 0 saturated heterocycles. The number of carboxylic acid groups (broad SMARTS) is 1. The predicted octanol–water partition coefficient (Wildman–Crippen LogP) is 2.93. The van der Waals surface area contributed by atoms with Gasteiger partial charge in [0, 0.05) is 5.39 Å². The van der Waals surface area contributed by atoms with E-state index < -0.39 is 23.4 Å². The minimum atomic E-state index is -4.89. The second kappa shape index (κ2) is 4.28. The van der Waals surface area contributed by atoms with Crippen molar-refractivity contribution in [3.63, 3.8) is 0 Å². The molecule has 6 heteroatoms. The minimum Gasteiger partial charge on any atom is -0.478 e. The highest BCUT2D eigenvalue weighted by molar-refractivity contribution is 5.99. The molecule has 0 aliphatic carbocycles. The smallest absolute Gasteiger partial charge is 0.434 e. The number of alkyl halides is 3. The van der Waals surface area contributed by atoms with Gasteiger partial charge in [-0.1, -0.05) is 24.1 Å². The van der Waals surface area contributed by atoms with Crippen LogP contribution in [0.25, 0.3) is 10.9 Å². The standard InChI is InChI=1S/C13H6F3NO2/c1-2-7-8-5-3-4-6-9(8)17-11(13(14,15)16)10(7)12(18)19/h1,3-6H,(H,18,19). The van der Waals surface area contributed by atoms with Gasteiger partial charge in [-0.25, -0.2) is 9.78 Å². The topological polar surface area (TPSA) is 50.2 Å². The molecule has 1 aromatic heterocycles. The molecule has 0 aliphatic heterocycles. The van der Waals surface area contributed by atoms with Gasteiger partial charge in [0.1, 0.15) is 5.56 Å². The lowest BCUT2D eigenvalue weighted by Gasteiger charge is -2.13. The number of fused-ring (bicyclic) bond motifs is 1. The molecule has 0 amide bonds. The van der Waals surface area contributed by atoms with Crippen LogP contribution >= 0.6 is 0 Å². The largest absolute Gasteiger partial charge is 0.478 e. The minimum absolute atomic E-state index is 0.00720. The van der Waals surface area contributed by atoms with E-state index in [2.05, 4.69) is 4.98 Å². The number of hydrogen-bond acceptors (Lipinski definition) is 2. The van der Waals surface area contributed by atoms with Crippen molar-refractivity contribution < 1.29 is 23.1 Å². The molecule has 1 heterocycles. The fraction of sp³-hybridized carbons (Fsp3) is 0.0769. The van der Waals surface area contributed by atoms with E-state index in [1.165, 1.54) is 18.2 Å². The van der Waals surface area contributed by atoms with Crippen molar-refractivity contribution in [2.45, 2.75) is 6.18 Å². The highest BCUT2D eigenvalue weighted by Gasteiger charge is 2.39. The van der Waals surface area contributed by atoms with Crippen LogP contribution in [-0.2, 0) is 6.18 Å². The molecule has 3 nitrogen and oxygen atoms in total. The Morgan fingerprint density at radius 1 is 1.32 bits per heavy atom. The van der Waals surface area contributed by atoms with Crippen molar-refractivity contribution >= 4 is 16.9 Å². The number of para-hydroxylation sites is 1. The van der Waals surface area contributed by atoms with E-state index >= 15 is 0 Å². The first-order valence-electron chi connectivity index (χ1n) is 5.06. The van der Waals surface area contributed by atoms with E-state index in [0.29, 0.717) is 0 Å². The van der Waals surface area contributed by atoms with Gasteiger partial charge in [-0.2, -0.15) is 13.2 Å². The first-order chi connectivity index (χ1) is 8.86. The van der Waals surface area contributed by atoms with Crippen LogP contribution in [0, 0.1) is 12.3 Å². The van der Waals surface area contributed by atoms with Crippen LogP contribution in [0.5, 0.6) is 0 Å². The normalized spacial score (nSPS) is 11.3. The molecule has 0 atom stereocenters. The summed E-state index contributed by atoms with van der Waals surface area (Å²) in [6, 6.07) is 5.82. The molecule has 0 bridgehead atoms. The Morgan fingerprint density at radius 3 is 2.47 bits per heavy atom. The van der Waals surface area contributed by atoms with Crippen LogP contribution < -0.4 is 0 Å². The number of aromatic carboxylic acids is 1. The molecular formula is C13H6F3NO2. The summed E-state index contributed by atoms with van der Waals surface area (Å²) in [4.78, 5) is 14.4. The predicted molar refractivity (Wildman–Crippen MR) is 61.6 cm³/mol. The average molecular weight is 265 g/mol. The van der Waals surface area contributed by atoms with Gasteiger partial charge in [0.2, 0.25) is 0 Å². The fourth-order valence-corrected chi connectivity index (χ4v) is 1.78. The van der Waals surface area contributed by atoms with Crippen molar-refractivity contribution in [1.29, 1.82) is 0 Å². The van der Waals surface area contributed by atoms with Crippen molar-refractivity contribution in [2.75, 3.05) is 0 Å². The number of carbonyl (C=O) groups is 1. The van der Waals surface area contributed by atoms with Gasteiger partial charge in [-0.15, -0.1) is 6.42 Å². The van der Waals surface area contributed by atoms with Crippen LogP contribution in [0.3, 0.4) is 0 Å². The number of nitrogens with zero attached hydrogens (tertiary/aromatic N) is 1. The molecule has 0 radical (unpaired) electrons. The molecule has 0 aliphatic rings. The molecule has 1 aromatic carbocycles. The maximum atomic E-state index is 12.9. The summed E-state index contributed by atoms with van der Waals surface area (Å²) >= 11 is 0. The second-order valence-electron chi connectivity index (χ2n) is 3.67. The van der Waals surface area contributed by atoms with Crippen LogP contribution in [0.1, 0.15) is 21.6 Å². The Kier molecular flexibility index (Phi) is 2.91. The molecule has 96 valence electrons. The van der Waals surface area contributed by atoms with E-state index in [4.69, 9.17) is 11.5 Å². The van der Waals surface area contributed by atoms with Crippen molar-refractivity contribution in [3.05, 3.63) is 41.1 Å². The Morgan fingerprint density at radius 2 is 1.95 bits per heavy atom. The maximum absolute atomic E-state index is 12.9. The first-order valence-corrected chi connectivity index (χ1v) is 5.06. The first kappa shape index (κ1) is 12.9. The lowest BCUT2D eigenvalue weighted by atomic mass is 10.0. The summed E-state index contributed by atoms with van der Waals surface area (Å²) in [5, 5.41) is 9.17. The van der Waals surface area contributed by atoms with Crippen LogP contribution in [0.15, 0.2) is 24.3 Å². The molecule has 2 aromatic rings. The van der Waals surface area contributed by atoms with Gasteiger partial charge in [-0.3, -0.25) is 0 Å². The molecule has 19 heavy (non-hydrogen) atoms. The maximum Gasteiger partial charge on any atom is 0.434 e. The van der Waals surface area contributed by atoms with Crippen LogP contribution in [0.4, 0.5) is 13.2 Å². The highest BCUT2D eigenvalue weighted by Crippen LogP contribution is 2.34. The molecule has 0 spiro atoms. The summed E-state index contributed by atoms with van der Waals surface area (Å²) in [5.41, 5.74) is -2.78. The lowest BCUT2D eigenvalue weighted by molar-refractivity contribution is -0.141. The SMILES string of the molecule is C#Cc1c(C(=O)O)c(C(F)(F)F)nc2ccccc12. The van der Waals surface area contributed by atoms with E-state index in [-0.39, 0.29) is 16.5 Å². The zero-order chi connectivity index (χ0) is 14.2. The third-order valence-electron chi connectivity index (χ3n) is 2.52. The Bertz CT molecular complexity index is 714. The number of rotatable bonds is 1. The molecule has 0 unspecified atom stereocenters. The van der Waals surface area contributed by atoms with Gasteiger partial charge >= 0.3 is 12.1 Å². The number of benzene rings is 1. The Hall–Kier alpha value is -2.55. The lowest BCUT2D eigenvalue weighted by Crippen LogP contribution is -2.17. The third-order valence-corrected chi connectivity index (χ3v) is 2.52. The zero-order valence-corrected chi connectivity index (χ0v) is 9.32. The Labute approximate surface area is 105 Å². The number of hydrogen-bond donors (Lipinski definition) is 1.